The predicted molar refractivity (Wildman–Crippen MR) is 84.7 cm³/mol. The molecule has 1 heterocycles. The highest BCUT2D eigenvalue weighted by Crippen LogP contribution is 2.26. The molecule has 3 nitrogen and oxygen atoms in total. The zero-order valence-corrected chi connectivity index (χ0v) is 12.5. The molecule has 2 aromatic rings. The summed E-state index contributed by atoms with van der Waals surface area (Å²) in [5.41, 5.74) is 2.26. The fourth-order valence-corrected chi connectivity index (χ4v) is 2.48. The minimum Gasteiger partial charge on any atom is -0.459 e. The van der Waals surface area contributed by atoms with Crippen LogP contribution in [0.15, 0.2) is 41.3 Å². The van der Waals surface area contributed by atoms with Gasteiger partial charge in [0.25, 0.3) is 0 Å². The number of benzene rings is 1. The Morgan fingerprint density at radius 3 is 2.90 bits per heavy atom. The number of hydrogen-bond donors (Lipinski definition) is 1. The van der Waals surface area contributed by atoms with Crippen molar-refractivity contribution in [3.63, 3.8) is 0 Å². The van der Waals surface area contributed by atoms with E-state index in [1.807, 2.05) is 25.3 Å². The Morgan fingerprint density at radius 1 is 1.35 bits per heavy atom. The third-order valence-electron chi connectivity index (χ3n) is 3.50. The van der Waals surface area contributed by atoms with Gasteiger partial charge < -0.3 is 9.73 Å². The summed E-state index contributed by atoms with van der Waals surface area (Å²) in [5.74, 6) is 1.07. The van der Waals surface area contributed by atoms with Crippen molar-refractivity contribution in [1.29, 1.82) is 0 Å². The molecule has 0 saturated heterocycles. The van der Waals surface area contributed by atoms with Crippen LogP contribution in [0.5, 0.6) is 0 Å². The fraction of sp³-hybridized carbons (Fsp3) is 0.412. The SMILES string of the molecule is C=CCCCN(C)Cc1oc2ccccc2c1CNC. The van der Waals surface area contributed by atoms with Crippen LogP contribution in [0.4, 0.5) is 0 Å². The minimum absolute atomic E-state index is 0.840. The van der Waals surface area contributed by atoms with Gasteiger partial charge in [0.05, 0.1) is 6.54 Å². The van der Waals surface area contributed by atoms with Crippen molar-refractivity contribution in [2.45, 2.75) is 25.9 Å². The molecule has 0 aliphatic rings. The molecule has 0 amide bonds. The summed E-state index contributed by atoms with van der Waals surface area (Å²) in [6, 6.07) is 8.25. The Kier molecular flexibility index (Phi) is 5.39. The molecule has 108 valence electrons. The molecule has 3 heteroatoms. The number of hydrogen-bond acceptors (Lipinski definition) is 3. The quantitative estimate of drug-likeness (QED) is 0.588. The van der Waals surface area contributed by atoms with Crippen molar-refractivity contribution >= 4 is 11.0 Å². The van der Waals surface area contributed by atoms with Gasteiger partial charge in [0, 0.05) is 17.5 Å². The number of unbranched alkanes of at least 4 members (excludes halogenated alkanes) is 1. The number of nitrogens with one attached hydrogen (secondary N) is 1. The first kappa shape index (κ1) is 14.8. The zero-order valence-electron chi connectivity index (χ0n) is 12.5. The zero-order chi connectivity index (χ0) is 14.4. The van der Waals surface area contributed by atoms with Crippen LogP contribution in [-0.2, 0) is 13.1 Å². The molecule has 0 atom stereocenters. The second kappa shape index (κ2) is 7.27. The average Bonchev–Trinajstić information content (AvgIpc) is 2.78. The summed E-state index contributed by atoms with van der Waals surface area (Å²) in [5, 5.41) is 4.46. The molecular formula is C17H24N2O. The standard InChI is InChI=1S/C17H24N2O/c1-4-5-8-11-19(3)13-17-15(12-18-2)14-9-6-7-10-16(14)20-17/h4,6-7,9-10,18H,1,5,8,11-13H2,2-3H3. The highest BCUT2D eigenvalue weighted by molar-refractivity contribution is 5.82. The van der Waals surface area contributed by atoms with Crippen molar-refractivity contribution in [3.05, 3.63) is 48.2 Å². The van der Waals surface area contributed by atoms with Gasteiger partial charge in [0.1, 0.15) is 11.3 Å². The number of rotatable bonds is 8. The first-order chi connectivity index (χ1) is 9.76. The smallest absolute Gasteiger partial charge is 0.134 e. The fourth-order valence-electron chi connectivity index (χ4n) is 2.48. The molecule has 0 aliphatic carbocycles. The molecule has 1 aromatic carbocycles. The van der Waals surface area contributed by atoms with Gasteiger partial charge in [-0.2, -0.15) is 0 Å². The number of para-hydroxylation sites is 1. The molecule has 0 spiro atoms. The van der Waals surface area contributed by atoms with Crippen LogP contribution in [0, 0.1) is 0 Å². The number of fused-ring (bicyclic) bond motifs is 1. The molecule has 0 unspecified atom stereocenters. The maximum atomic E-state index is 6.03. The molecule has 0 radical (unpaired) electrons. The monoisotopic (exact) mass is 272 g/mol. The van der Waals surface area contributed by atoms with E-state index < -0.39 is 0 Å². The molecular weight excluding hydrogens is 248 g/mol. The van der Waals surface area contributed by atoms with Crippen LogP contribution in [0.25, 0.3) is 11.0 Å². The second-order valence-corrected chi connectivity index (χ2v) is 5.20. The lowest BCUT2D eigenvalue weighted by molar-refractivity contribution is 0.294. The van der Waals surface area contributed by atoms with Crippen LogP contribution in [0.3, 0.4) is 0 Å². The van der Waals surface area contributed by atoms with E-state index in [4.69, 9.17) is 4.42 Å². The van der Waals surface area contributed by atoms with Crippen molar-refractivity contribution < 1.29 is 4.42 Å². The van der Waals surface area contributed by atoms with Gasteiger partial charge in [0.2, 0.25) is 0 Å². The molecule has 0 saturated carbocycles. The van der Waals surface area contributed by atoms with Crippen molar-refractivity contribution in [2.24, 2.45) is 0 Å². The Morgan fingerprint density at radius 2 is 2.15 bits per heavy atom. The van der Waals surface area contributed by atoms with Crippen molar-refractivity contribution in [3.8, 4) is 0 Å². The van der Waals surface area contributed by atoms with E-state index in [1.165, 1.54) is 10.9 Å². The molecule has 1 N–H and O–H groups in total. The first-order valence-corrected chi connectivity index (χ1v) is 7.19. The molecule has 0 aliphatic heterocycles. The molecule has 0 fully saturated rings. The lowest BCUT2D eigenvalue weighted by Crippen LogP contribution is -2.20. The third kappa shape index (κ3) is 3.50. The largest absolute Gasteiger partial charge is 0.459 e. The van der Waals surface area contributed by atoms with E-state index in [0.29, 0.717) is 0 Å². The van der Waals surface area contributed by atoms with E-state index in [9.17, 15) is 0 Å². The topological polar surface area (TPSA) is 28.4 Å². The van der Waals surface area contributed by atoms with Gasteiger partial charge in [0.15, 0.2) is 0 Å². The normalized spacial score (nSPS) is 11.3. The Balaban J connectivity index is 2.15. The van der Waals surface area contributed by atoms with Gasteiger partial charge in [-0.05, 0) is 39.5 Å². The lowest BCUT2D eigenvalue weighted by atomic mass is 10.1. The average molecular weight is 272 g/mol. The summed E-state index contributed by atoms with van der Waals surface area (Å²) < 4.78 is 6.03. The first-order valence-electron chi connectivity index (χ1n) is 7.19. The number of allylic oxidation sites excluding steroid dienone is 1. The summed E-state index contributed by atoms with van der Waals surface area (Å²) in [6.07, 6.45) is 4.18. The summed E-state index contributed by atoms with van der Waals surface area (Å²) in [6.45, 7) is 6.51. The lowest BCUT2D eigenvalue weighted by Gasteiger charge is -2.15. The van der Waals surface area contributed by atoms with Crippen LogP contribution >= 0.6 is 0 Å². The Bertz CT molecular complexity index is 559. The Labute approximate surface area is 121 Å². The molecule has 0 bridgehead atoms. The van der Waals surface area contributed by atoms with Gasteiger partial charge in [-0.15, -0.1) is 6.58 Å². The summed E-state index contributed by atoms with van der Waals surface area (Å²) in [7, 11) is 4.11. The molecule has 2 rings (SSSR count). The van der Waals surface area contributed by atoms with E-state index in [1.54, 1.807) is 0 Å². The maximum absolute atomic E-state index is 6.03. The van der Waals surface area contributed by atoms with Crippen LogP contribution < -0.4 is 5.32 Å². The van der Waals surface area contributed by atoms with Gasteiger partial charge in [-0.3, -0.25) is 4.90 Å². The van der Waals surface area contributed by atoms with E-state index in [0.717, 1.165) is 43.8 Å². The van der Waals surface area contributed by atoms with Gasteiger partial charge in [-0.25, -0.2) is 0 Å². The third-order valence-corrected chi connectivity index (χ3v) is 3.50. The van der Waals surface area contributed by atoms with E-state index >= 15 is 0 Å². The Hall–Kier alpha value is -1.58. The maximum Gasteiger partial charge on any atom is 0.134 e. The van der Waals surface area contributed by atoms with Gasteiger partial charge >= 0.3 is 0 Å². The van der Waals surface area contributed by atoms with Crippen LogP contribution in [-0.4, -0.2) is 25.5 Å². The summed E-state index contributed by atoms with van der Waals surface area (Å²) >= 11 is 0. The van der Waals surface area contributed by atoms with Crippen LogP contribution in [0.1, 0.15) is 24.2 Å². The molecule has 20 heavy (non-hydrogen) atoms. The molecule has 1 aromatic heterocycles. The van der Waals surface area contributed by atoms with Gasteiger partial charge in [-0.1, -0.05) is 24.3 Å². The van der Waals surface area contributed by atoms with Crippen LogP contribution in [0.2, 0.25) is 0 Å². The van der Waals surface area contributed by atoms with Crippen molar-refractivity contribution in [1.82, 2.24) is 10.2 Å². The number of nitrogens with zero attached hydrogens (tertiary/aromatic N) is 1. The summed E-state index contributed by atoms with van der Waals surface area (Å²) in [4.78, 5) is 2.31. The highest BCUT2D eigenvalue weighted by Gasteiger charge is 2.14. The van der Waals surface area contributed by atoms with E-state index in [2.05, 4.69) is 36.0 Å². The van der Waals surface area contributed by atoms with E-state index in [-0.39, 0.29) is 0 Å². The highest BCUT2D eigenvalue weighted by atomic mass is 16.3. The van der Waals surface area contributed by atoms with Crippen molar-refractivity contribution in [2.75, 3.05) is 20.6 Å². The predicted octanol–water partition coefficient (Wildman–Crippen LogP) is 3.55. The number of furan rings is 1. The minimum atomic E-state index is 0.840. The second-order valence-electron chi connectivity index (χ2n) is 5.20.